The van der Waals surface area contributed by atoms with Crippen LogP contribution in [0, 0.1) is 6.92 Å². The quantitative estimate of drug-likeness (QED) is 0.899. The largest absolute Gasteiger partial charge is 0.349 e. The summed E-state index contributed by atoms with van der Waals surface area (Å²) in [5.74, 6) is 0.974. The van der Waals surface area contributed by atoms with Crippen LogP contribution in [0.5, 0.6) is 0 Å². The first-order chi connectivity index (χ1) is 9.13. The van der Waals surface area contributed by atoms with E-state index in [9.17, 15) is 0 Å². The van der Waals surface area contributed by atoms with Crippen molar-refractivity contribution in [2.75, 3.05) is 5.32 Å². The molecule has 1 N–H and O–H groups in total. The van der Waals surface area contributed by atoms with Crippen LogP contribution in [0.2, 0.25) is 5.02 Å². The van der Waals surface area contributed by atoms with Gasteiger partial charge in [-0.3, -0.25) is 0 Å². The van der Waals surface area contributed by atoms with E-state index in [4.69, 9.17) is 11.6 Å². The molecule has 1 heterocycles. The van der Waals surface area contributed by atoms with Crippen molar-refractivity contribution in [3.63, 3.8) is 0 Å². The van der Waals surface area contributed by atoms with Crippen LogP contribution in [0.4, 0.5) is 5.95 Å². The maximum atomic E-state index is 5.92. The Morgan fingerprint density at radius 2 is 2.00 bits per heavy atom. The molecule has 1 saturated carbocycles. The van der Waals surface area contributed by atoms with Crippen molar-refractivity contribution in [1.82, 2.24) is 9.55 Å². The fourth-order valence-corrected chi connectivity index (χ4v) is 2.41. The van der Waals surface area contributed by atoms with Gasteiger partial charge in [-0.2, -0.15) is 0 Å². The van der Waals surface area contributed by atoms with Crippen LogP contribution in [-0.4, -0.2) is 9.55 Å². The summed E-state index contributed by atoms with van der Waals surface area (Å²) < 4.78 is 2.27. The minimum absolute atomic E-state index is 0.219. The van der Waals surface area contributed by atoms with Gasteiger partial charge in [0.1, 0.15) is 0 Å². The lowest BCUT2D eigenvalue weighted by atomic mass is 10.1. The summed E-state index contributed by atoms with van der Waals surface area (Å²) in [4.78, 5) is 4.58. The summed E-state index contributed by atoms with van der Waals surface area (Å²) in [6.07, 6.45) is 4.66. The van der Waals surface area contributed by atoms with E-state index in [2.05, 4.69) is 40.1 Å². The van der Waals surface area contributed by atoms with Crippen LogP contribution in [0.25, 0.3) is 0 Å². The lowest BCUT2D eigenvalue weighted by molar-refractivity contribution is 0.727. The zero-order chi connectivity index (χ0) is 13.4. The third kappa shape index (κ3) is 2.76. The lowest BCUT2D eigenvalue weighted by Gasteiger charge is -2.16. The van der Waals surface area contributed by atoms with Gasteiger partial charge >= 0.3 is 0 Å². The molecule has 3 nitrogen and oxygen atoms in total. The molecule has 0 radical (unpaired) electrons. The van der Waals surface area contributed by atoms with Gasteiger partial charge in [0, 0.05) is 17.3 Å². The minimum Gasteiger partial charge on any atom is -0.349 e. The van der Waals surface area contributed by atoms with Gasteiger partial charge in [0.25, 0.3) is 0 Å². The Morgan fingerprint density at radius 3 is 2.63 bits per heavy atom. The number of rotatable bonds is 4. The maximum Gasteiger partial charge on any atom is 0.203 e. The molecule has 0 saturated heterocycles. The van der Waals surface area contributed by atoms with Crippen molar-refractivity contribution in [3.05, 3.63) is 46.7 Å². The van der Waals surface area contributed by atoms with Gasteiger partial charge in [-0.05, 0) is 44.4 Å². The summed E-state index contributed by atoms with van der Waals surface area (Å²) in [6, 6.07) is 8.81. The average molecular weight is 276 g/mol. The van der Waals surface area contributed by atoms with Crippen molar-refractivity contribution in [1.29, 1.82) is 0 Å². The number of aryl methyl sites for hydroxylation is 1. The molecule has 1 fully saturated rings. The van der Waals surface area contributed by atoms with Gasteiger partial charge in [-0.15, -0.1) is 0 Å². The zero-order valence-electron chi connectivity index (χ0n) is 11.2. The van der Waals surface area contributed by atoms with Gasteiger partial charge in [-0.1, -0.05) is 23.7 Å². The predicted molar refractivity (Wildman–Crippen MR) is 78.7 cm³/mol. The fourth-order valence-electron chi connectivity index (χ4n) is 2.28. The molecule has 0 amide bonds. The molecule has 3 rings (SSSR count). The monoisotopic (exact) mass is 275 g/mol. The molecule has 0 spiro atoms. The summed E-state index contributed by atoms with van der Waals surface area (Å²) in [5.41, 5.74) is 2.28. The van der Waals surface area contributed by atoms with Crippen molar-refractivity contribution >= 4 is 17.5 Å². The Balaban J connectivity index is 1.78. The van der Waals surface area contributed by atoms with Gasteiger partial charge in [-0.25, -0.2) is 4.98 Å². The first kappa shape index (κ1) is 12.5. The summed E-state index contributed by atoms with van der Waals surface area (Å²) >= 11 is 5.92. The maximum absolute atomic E-state index is 5.92. The van der Waals surface area contributed by atoms with Gasteiger partial charge < -0.3 is 9.88 Å². The van der Waals surface area contributed by atoms with E-state index in [1.165, 1.54) is 18.4 Å². The van der Waals surface area contributed by atoms with E-state index >= 15 is 0 Å². The van der Waals surface area contributed by atoms with Crippen LogP contribution >= 0.6 is 11.6 Å². The number of nitrogens with one attached hydrogen (secondary N) is 1. The first-order valence-electron chi connectivity index (χ1n) is 6.71. The van der Waals surface area contributed by atoms with Crippen LogP contribution in [0.3, 0.4) is 0 Å². The normalized spacial score (nSPS) is 16.4. The number of aromatic nitrogens is 2. The highest BCUT2D eigenvalue weighted by Gasteiger charge is 2.26. The molecule has 0 aliphatic heterocycles. The van der Waals surface area contributed by atoms with Crippen LogP contribution in [0.15, 0.2) is 30.5 Å². The number of halogens is 1. The summed E-state index contributed by atoms with van der Waals surface area (Å²) in [7, 11) is 0. The molecular weight excluding hydrogens is 258 g/mol. The molecule has 1 aliphatic rings. The van der Waals surface area contributed by atoms with Crippen LogP contribution in [0.1, 0.15) is 43.1 Å². The van der Waals surface area contributed by atoms with Gasteiger partial charge in [0.15, 0.2) is 0 Å². The lowest BCUT2D eigenvalue weighted by Crippen LogP contribution is -2.11. The highest BCUT2D eigenvalue weighted by Crippen LogP contribution is 2.38. The summed E-state index contributed by atoms with van der Waals surface area (Å²) in [6.45, 7) is 4.18. The highest BCUT2D eigenvalue weighted by atomic mass is 35.5. The smallest absolute Gasteiger partial charge is 0.203 e. The van der Waals surface area contributed by atoms with E-state index in [1.807, 2.05) is 19.1 Å². The molecular formula is C15H18ClN3. The standard InChI is InChI=1S/C15H18ClN3/c1-10-9-19(14-7-8-14)15(17-10)18-11(2)12-3-5-13(16)6-4-12/h3-6,9,11,14H,7-8H2,1-2H3,(H,17,18). The van der Waals surface area contributed by atoms with E-state index in [0.717, 1.165) is 16.7 Å². The topological polar surface area (TPSA) is 29.9 Å². The second-order valence-electron chi connectivity index (χ2n) is 5.26. The van der Waals surface area contributed by atoms with E-state index in [0.29, 0.717) is 6.04 Å². The molecule has 100 valence electrons. The van der Waals surface area contributed by atoms with E-state index in [1.54, 1.807) is 0 Å². The number of imidazole rings is 1. The Kier molecular flexibility index (Phi) is 3.23. The van der Waals surface area contributed by atoms with Crippen molar-refractivity contribution in [2.45, 2.75) is 38.8 Å². The Labute approximate surface area is 118 Å². The van der Waals surface area contributed by atoms with Crippen molar-refractivity contribution in [2.24, 2.45) is 0 Å². The van der Waals surface area contributed by atoms with Crippen LogP contribution < -0.4 is 5.32 Å². The zero-order valence-corrected chi connectivity index (χ0v) is 12.0. The van der Waals surface area contributed by atoms with Crippen molar-refractivity contribution < 1.29 is 0 Å². The number of nitrogens with zero attached hydrogens (tertiary/aromatic N) is 2. The number of hydrogen-bond donors (Lipinski definition) is 1. The van der Waals surface area contributed by atoms with Gasteiger partial charge in [0.2, 0.25) is 5.95 Å². The third-order valence-corrected chi connectivity index (χ3v) is 3.76. The number of anilines is 1. The molecule has 1 aliphatic carbocycles. The van der Waals surface area contributed by atoms with Crippen molar-refractivity contribution in [3.8, 4) is 0 Å². The SMILES string of the molecule is Cc1cn(C2CC2)c(NC(C)c2ccc(Cl)cc2)n1. The molecule has 2 aromatic rings. The second kappa shape index (κ2) is 4.89. The average Bonchev–Trinajstić information content (AvgIpc) is 3.15. The molecule has 1 unspecified atom stereocenters. The molecule has 1 atom stereocenters. The molecule has 4 heteroatoms. The van der Waals surface area contributed by atoms with E-state index in [-0.39, 0.29) is 6.04 Å². The van der Waals surface area contributed by atoms with Gasteiger partial charge in [0.05, 0.1) is 11.7 Å². The Bertz CT molecular complexity index is 570. The summed E-state index contributed by atoms with van der Waals surface area (Å²) in [5, 5.41) is 4.27. The minimum atomic E-state index is 0.219. The Hall–Kier alpha value is -1.48. The Morgan fingerprint density at radius 1 is 1.32 bits per heavy atom. The molecule has 19 heavy (non-hydrogen) atoms. The van der Waals surface area contributed by atoms with E-state index < -0.39 is 0 Å². The molecule has 0 bridgehead atoms. The first-order valence-corrected chi connectivity index (χ1v) is 7.09. The molecule has 1 aromatic carbocycles. The van der Waals surface area contributed by atoms with Crippen LogP contribution in [-0.2, 0) is 0 Å². The fraction of sp³-hybridized carbons (Fsp3) is 0.400. The third-order valence-electron chi connectivity index (χ3n) is 3.51. The number of benzene rings is 1. The predicted octanol–water partition coefficient (Wildman–Crippen LogP) is 4.35. The number of hydrogen-bond acceptors (Lipinski definition) is 2. The second-order valence-corrected chi connectivity index (χ2v) is 5.70. The molecule has 1 aromatic heterocycles. The highest BCUT2D eigenvalue weighted by molar-refractivity contribution is 6.30.